The molecule has 138 valence electrons. The fraction of sp³-hybridized carbons (Fsp3) is 0.450. The predicted molar refractivity (Wildman–Crippen MR) is 97.1 cm³/mol. The molecule has 1 saturated carbocycles. The number of nitrogens with two attached hydrogens (primary N) is 1. The van der Waals surface area contributed by atoms with E-state index >= 15 is 0 Å². The number of pyridine rings is 1. The van der Waals surface area contributed by atoms with Crippen molar-refractivity contribution < 1.29 is 14.2 Å². The number of nitrogens with zero attached hydrogens (tertiary/aromatic N) is 2. The molecule has 2 aromatic rings. The lowest BCUT2D eigenvalue weighted by Crippen LogP contribution is -2.37. The van der Waals surface area contributed by atoms with E-state index in [1.807, 2.05) is 6.07 Å². The van der Waals surface area contributed by atoms with Crippen LogP contribution in [0.1, 0.15) is 12.5 Å². The Morgan fingerprint density at radius 3 is 2.54 bits per heavy atom. The normalized spacial score (nSPS) is 27.0. The van der Waals surface area contributed by atoms with Gasteiger partial charge in [0.1, 0.15) is 11.9 Å². The summed E-state index contributed by atoms with van der Waals surface area (Å²) in [5, 5.41) is 9.65. The molecule has 1 aromatic heterocycles. The summed E-state index contributed by atoms with van der Waals surface area (Å²) in [6, 6.07) is 9.80. The van der Waals surface area contributed by atoms with Crippen molar-refractivity contribution in [3.8, 4) is 17.1 Å². The van der Waals surface area contributed by atoms with Crippen LogP contribution in [0.3, 0.4) is 0 Å². The van der Waals surface area contributed by atoms with Crippen LogP contribution in [0, 0.1) is 17.7 Å². The number of fused-ring (bicyclic) bond motifs is 1. The molecule has 0 radical (unpaired) electrons. The zero-order valence-corrected chi connectivity index (χ0v) is 15.0. The van der Waals surface area contributed by atoms with Crippen LogP contribution in [0.4, 0.5) is 4.39 Å². The fourth-order valence-electron chi connectivity index (χ4n) is 3.75. The van der Waals surface area contributed by atoms with Crippen LogP contribution in [-0.2, 0) is 5.54 Å². The molecule has 4 rings (SSSR count). The van der Waals surface area contributed by atoms with Crippen molar-refractivity contribution in [1.82, 2.24) is 9.88 Å². The van der Waals surface area contributed by atoms with Gasteiger partial charge in [-0.25, -0.2) is 9.37 Å². The lowest BCUT2D eigenvalue weighted by atomic mass is 9.93. The standard InChI is InChI=1S/C20H24FN3O2/c1-20(22,11-25)13-7-17(12-3-5-14(21)6-4-12)23-18(8-13)26-19-15-9-24(2)10-16(15)19/h3-8,15-16,19,25H,9-11,22H2,1-2H3/t15-,16+,19?,20?. The van der Waals surface area contributed by atoms with Gasteiger partial charge in [0.2, 0.25) is 5.88 Å². The maximum absolute atomic E-state index is 13.2. The molecule has 2 unspecified atom stereocenters. The maximum atomic E-state index is 13.2. The van der Waals surface area contributed by atoms with E-state index < -0.39 is 5.54 Å². The summed E-state index contributed by atoms with van der Waals surface area (Å²) in [6.45, 7) is 3.66. The van der Waals surface area contributed by atoms with Gasteiger partial charge in [0, 0.05) is 36.6 Å². The monoisotopic (exact) mass is 357 g/mol. The summed E-state index contributed by atoms with van der Waals surface area (Å²) >= 11 is 0. The first-order chi connectivity index (χ1) is 12.4. The number of aliphatic hydroxyl groups is 1. The van der Waals surface area contributed by atoms with E-state index in [-0.39, 0.29) is 18.5 Å². The van der Waals surface area contributed by atoms with Gasteiger partial charge in [-0.15, -0.1) is 0 Å². The highest BCUT2D eigenvalue weighted by Gasteiger charge is 2.57. The summed E-state index contributed by atoms with van der Waals surface area (Å²) < 4.78 is 19.4. The number of hydrogen-bond acceptors (Lipinski definition) is 5. The topological polar surface area (TPSA) is 71.6 Å². The SMILES string of the molecule is CN1C[C@@H]2C(Oc3cc(C(C)(N)CO)cc(-c4ccc(F)cc4)n3)[C@@H]2C1. The first-order valence-electron chi connectivity index (χ1n) is 8.91. The lowest BCUT2D eigenvalue weighted by Gasteiger charge is -2.24. The second-order valence-electron chi connectivity index (χ2n) is 7.79. The smallest absolute Gasteiger partial charge is 0.214 e. The minimum atomic E-state index is -0.907. The minimum absolute atomic E-state index is 0.188. The van der Waals surface area contributed by atoms with E-state index in [9.17, 15) is 9.50 Å². The fourth-order valence-corrected chi connectivity index (χ4v) is 3.75. The number of rotatable bonds is 5. The Labute approximate surface area is 152 Å². The number of aliphatic hydroxyl groups excluding tert-OH is 1. The molecule has 5 nitrogen and oxygen atoms in total. The molecule has 1 aliphatic heterocycles. The van der Waals surface area contributed by atoms with Crippen molar-refractivity contribution in [1.29, 1.82) is 0 Å². The van der Waals surface area contributed by atoms with E-state index in [2.05, 4.69) is 16.9 Å². The minimum Gasteiger partial charge on any atom is -0.474 e. The summed E-state index contributed by atoms with van der Waals surface area (Å²) in [5.41, 5.74) is 7.51. The lowest BCUT2D eigenvalue weighted by molar-refractivity contribution is 0.205. The number of piperidine rings is 1. The van der Waals surface area contributed by atoms with Crippen LogP contribution >= 0.6 is 0 Å². The van der Waals surface area contributed by atoms with Crippen LogP contribution < -0.4 is 10.5 Å². The van der Waals surface area contributed by atoms with Gasteiger partial charge in [0.25, 0.3) is 0 Å². The van der Waals surface area contributed by atoms with E-state index in [0.29, 0.717) is 23.4 Å². The number of ether oxygens (including phenoxy) is 1. The van der Waals surface area contributed by atoms with Gasteiger partial charge in [-0.3, -0.25) is 0 Å². The van der Waals surface area contributed by atoms with E-state index in [4.69, 9.17) is 10.5 Å². The van der Waals surface area contributed by atoms with Crippen molar-refractivity contribution in [2.45, 2.75) is 18.6 Å². The molecule has 0 amide bonds. The Bertz CT molecular complexity index is 797. The van der Waals surface area contributed by atoms with Gasteiger partial charge < -0.3 is 20.5 Å². The molecular weight excluding hydrogens is 333 g/mol. The molecule has 3 N–H and O–H groups in total. The number of aromatic nitrogens is 1. The highest BCUT2D eigenvalue weighted by Crippen LogP contribution is 2.47. The van der Waals surface area contributed by atoms with Gasteiger partial charge >= 0.3 is 0 Å². The third-order valence-electron chi connectivity index (χ3n) is 5.48. The Kier molecular flexibility index (Phi) is 4.22. The molecule has 2 fully saturated rings. The van der Waals surface area contributed by atoms with Crippen molar-refractivity contribution in [2.75, 3.05) is 26.7 Å². The third-order valence-corrected chi connectivity index (χ3v) is 5.48. The number of benzene rings is 1. The zero-order chi connectivity index (χ0) is 18.5. The Balaban J connectivity index is 1.66. The molecule has 1 saturated heterocycles. The van der Waals surface area contributed by atoms with Gasteiger partial charge in [0.15, 0.2) is 0 Å². The van der Waals surface area contributed by atoms with Crippen LogP contribution in [0.15, 0.2) is 36.4 Å². The first kappa shape index (κ1) is 17.4. The molecule has 1 aromatic carbocycles. The third kappa shape index (κ3) is 3.20. The first-order valence-corrected chi connectivity index (χ1v) is 8.91. The molecule has 2 aliphatic rings. The van der Waals surface area contributed by atoms with Crippen LogP contribution in [0.5, 0.6) is 5.88 Å². The molecular formula is C20H24FN3O2. The molecule has 0 bridgehead atoms. The Hall–Kier alpha value is -2.02. The Morgan fingerprint density at radius 1 is 1.27 bits per heavy atom. The second kappa shape index (κ2) is 6.30. The summed E-state index contributed by atoms with van der Waals surface area (Å²) in [5.74, 6) is 1.33. The molecule has 6 heteroatoms. The Morgan fingerprint density at radius 2 is 1.92 bits per heavy atom. The second-order valence-corrected chi connectivity index (χ2v) is 7.79. The van der Waals surface area contributed by atoms with Gasteiger partial charge in [-0.1, -0.05) is 0 Å². The van der Waals surface area contributed by atoms with Gasteiger partial charge in [-0.2, -0.15) is 0 Å². The van der Waals surface area contributed by atoms with Crippen molar-refractivity contribution >= 4 is 0 Å². The highest BCUT2D eigenvalue weighted by molar-refractivity contribution is 5.61. The molecule has 1 aliphatic carbocycles. The quantitative estimate of drug-likeness (QED) is 0.856. The van der Waals surface area contributed by atoms with Gasteiger partial charge in [-0.05, 0) is 49.9 Å². The van der Waals surface area contributed by atoms with Crippen molar-refractivity contribution in [2.24, 2.45) is 17.6 Å². The highest BCUT2D eigenvalue weighted by atomic mass is 19.1. The van der Waals surface area contributed by atoms with Crippen LogP contribution in [0.2, 0.25) is 0 Å². The average Bonchev–Trinajstić information content (AvgIpc) is 3.07. The summed E-state index contributed by atoms with van der Waals surface area (Å²) in [6.07, 6.45) is 0.188. The maximum Gasteiger partial charge on any atom is 0.214 e. The van der Waals surface area contributed by atoms with Crippen molar-refractivity contribution in [3.63, 3.8) is 0 Å². The largest absolute Gasteiger partial charge is 0.474 e. The van der Waals surface area contributed by atoms with Crippen LogP contribution in [0.25, 0.3) is 11.3 Å². The van der Waals surface area contributed by atoms with E-state index in [1.165, 1.54) is 12.1 Å². The predicted octanol–water partition coefficient (Wildman–Crippen LogP) is 1.99. The summed E-state index contributed by atoms with van der Waals surface area (Å²) in [4.78, 5) is 6.92. The van der Waals surface area contributed by atoms with Crippen molar-refractivity contribution in [3.05, 3.63) is 47.8 Å². The number of likely N-dealkylation sites (tertiary alicyclic amines) is 1. The number of hydrogen-bond donors (Lipinski definition) is 2. The molecule has 2 heterocycles. The van der Waals surface area contributed by atoms with Crippen LogP contribution in [-0.4, -0.2) is 47.8 Å². The average molecular weight is 357 g/mol. The molecule has 26 heavy (non-hydrogen) atoms. The summed E-state index contributed by atoms with van der Waals surface area (Å²) in [7, 11) is 2.12. The van der Waals surface area contributed by atoms with Gasteiger partial charge in [0.05, 0.1) is 17.8 Å². The zero-order valence-electron chi connectivity index (χ0n) is 15.0. The molecule has 0 spiro atoms. The van der Waals surface area contributed by atoms with E-state index in [1.54, 1.807) is 25.1 Å². The number of halogens is 1. The van der Waals surface area contributed by atoms with E-state index in [0.717, 1.165) is 24.2 Å². The molecule has 4 atom stereocenters.